The summed E-state index contributed by atoms with van der Waals surface area (Å²) >= 11 is 8.10. The summed E-state index contributed by atoms with van der Waals surface area (Å²) in [6.07, 6.45) is 4.76. The van der Waals surface area contributed by atoms with Crippen LogP contribution in [0.2, 0.25) is 0 Å². The maximum Gasteiger partial charge on any atom is 0.407 e. The third kappa shape index (κ3) is 16.5. The van der Waals surface area contributed by atoms with Crippen molar-refractivity contribution < 1.29 is 27.8 Å². The SMILES string of the molecule is CC(C)(C)OC(=O)N[C@@H]1CCCNC1.CSc1nnc(C)c(=O)n1Cc1cc(F)ccc1Br.Cc1nnc(N2CCC[C@@H](NC(=O)OC(C)(C)C)C2)n(Cc2cc(F)ccc2Br)c1=O. The molecule has 2 aliphatic rings. The minimum Gasteiger partial charge on any atom is -0.444 e. The second-order valence-corrected chi connectivity index (χ2v) is 19.7. The smallest absolute Gasteiger partial charge is 0.407 e. The maximum absolute atomic E-state index is 13.8. The van der Waals surface area contributed by atoms with Crippen LogP contribution in [0.1, 0.15) is 89.7 Å². The maximum atomic E-state index is 13.8. The summed E-state index contributed by atoms with van der Waals surface area (Å²) in [7, 11) is 0. The number of carbonyl (C=O) groups is 2. The molecule has 4 heterocycles. The fourth-order valence-electron chi connectivity index (χ4n) is 6.54. The van der Waals surface area contributed by atoms with Gasteiger partial charge in [0.25, 0.3) is 11.1 Å². The van der Waals surface area contributed by atoms with E-state index in [1.165, 1.54) is 45.2 Å². The number of hydrogen-bond acceptors (Lipinski definition) is 13. The van der Waals surface area contributed by atoms with E-state index in [2.05, 4.69) is 68.2 Å². The number of anilines is 1. The van der Waals surface area contributed by atoms with Crippen LogP contribution in [-0.4, -0.2) is 97.4 Å². The molecule has 2 amide bonds. The average molecular weight is 1040 g/mol. The van der Waals surface area contributed by atoms with Gasteiger partial charge in [-0.2, -0.15) is 0 Å². The van der Waals surface area contributed by atoms with E-state index in [0.717, 1.165) is 43.2 Å². The number of thioether (sulfide) groups is 1. The number of aromatic nitrogens is 6. The summed E-state index contributed by atoms with van der Waals surface area (Å²) in [6, 6.07) is 8.80. The zero-order valence-corrected chi connectivity index (χ0v) is 41.7. The third-order valence-electron chi connectivity index (χ3n) is 9.45. The van der Waals surface area contributed by atoms with Gasteiger partial charge in [0.15, 0.2) is 5.16 Å². The molecule has 0 spiro atoms. The summed E-state index contributed by atoms with van der Waals surface area (Å²) < 4.78 is 42.0. The Morgan fingerprint density at radius 3 is 1.80 bits per heavy atom. The minimum absolute atomic E-state index is 0.142. The van der Waals surface area contributed by atoms with Crippen LogP contribution in [0.25, 0.3) is 0 Å². The molecule has 16 nitrogen and oxygen atoms in total. The molecule has 6 rings (SSSR count). The van der Waals surface area contributed by atoms with E-state index in [-0.39, 0.29) is 59.7 Å². The van der Waals surface area contributed by atoms with Crippen molar-refractivity contribution in [3.63, 3.8) is 0 Å². The molecule has 2 aromatic heterocycles. The first kappa shape index (κ1) is 52.2. The molecule has 0 aliphatic carbocycles. The van der Waals surface area contributed by atoms with Crippen LogP contribution in [0.15, 0.2) is 60.1 Å². The van der Waals surface area contributed by atoms with Crippen LogP contribution in [0.4, 0.5) is 24.3 Å². The van der Waals surface area contributed by atoms with Gasteiger partial charge in [-0.3, -0.25) is 18.7 Å². The predicted molar refractivity (Wildman–Crippen MR) is 250 cm³/mol. The highest BCUT2D eigenvalue weighted by Crippen LogP contribution is 2.23. The van der Waals surface area contributed by atoms with Gasteiger partial charge >= 0.3 is 12.2 Å². The van der Waals surface area contributed by atoms with Crippen LogP contribution >= 0.6 is 43.6 Å². The van der Waals surface area contributed by atoms with Gasteiger partial charge in [0.1, 0.15) is 34.2 Å². The Hall–Kier alpha value is -4.47. The lowest BCUT2D eigenvalue weighted by Crippen LogP contribution is -2.50. The number of nitrogens with zero attached hydrogens (tertiary/aromatic N) is 7. The molecular weight excluding hydrogens is 982 g/mol. The van der Waals surface area contributed by atoms with Crippen LogP contribution in [0, 0.1) is 25.5 Å². The number of benzene rings is 2. The second kappa shape index (κ2) is 23.6. The van der Waals surface area contributed by atoms with Gasteiger partial charge in [-0.25, -0.2) is 18.4 Å². The molecule has 2 saturated heterocycles. The molecule has 3 N–H and O–H groups in total. The molecule has 0 saturated carbocycles. The fourth-order valence-corrected chi connectivity index (χ4v) is 7.77. The molecule has 350 valence electrons. The van der Waals surface area contributed by atoms with Crippen molar-refractivity contribution >= 4 is 61.8 Å². The van der Waals surface area contributed by atoms with Crippen molar-refractivity contribution in [1.82, 2.24) is 45.5 Å². The molecule has 4 aromatic rings. The summed E-state index contributed by atoms with van der Waals surface area (Å²) in [5.74, 6) is -0.329. The normalized spacial score (nSPS) is 16.4. The number of hydrogen-bond donors (Lipinski definition) is 3. The fraction of sp³-hybridized carbons (Fsp3) is 0.535. The Balaban J connectivity index is 0.000000231. The lowest BCUT2D eigenvalue weighted by atomic mass is 10.1. The second-order valence-electron chi connectivity index (χ2n) is 17.2. The lowest BCUT2D eigenvalue weighted by molar-refractivity contribution is 0.0486. The Labute approximate surface area is 393 Å². The van der Waals surface area contributed by atoms with Crippen molar-refractivity contribution in [2.24, 2.45) is 0 Å². The van der Waals surface area contributed by atoms with E-state index in [9.17, 15) is 28.0 Å². The first-order chi connectivity index (χ1) is 30.0. The molecule has 2 fully saturated rings. The molecule has 0 unspecified atom stereocenters. The van der Waals surface area contributed by atoms with E-state index in [0.29, 0.717) is 45.5 Å². The molecule has 0 radical (unpaired) electrons. The standard InChI is InChI=1S/C21H27BrFN5O3.C12H11BrFN3OS.C10H20N2O2/c1-13-18(29)28(11-14-10-15(23)7-8-17(14)22)19(26-25-13)27-9-5-6-16(12-27)24-20(30)31-21(2,3)4;1-7-11(18)17(12(19-2)16-15-7)6-8-5-9(14)3-4-10(8)13;1-10(2,3)14-9(13)12-8-5-4-6-11-7-8/h7-8,10,16H,5-6,9,11-12H2,1-4H3,(H,24,30);3-5H,6H2,1-2H3;8,11H,4-7H2,1-3H3,(H,12,13)/t16-;;8-/m1.1/s1. The highest BCUT2D eigenvalue weighted by atomic mass is 79.9. The van der Waals surface area contributed by atoms with E-state index in [4.69, 9.17) is 9.47 Å². The van der Waals surface area contributed by atoms with Gasteiger partial charge in [-0.1, -0.05) is 43.6 Å². The molecule has 64 heavy (non-hydrogen) atoms. The largest absolute Gasteiger partial charge is 0.444 e. The Morgan fingerprint density at radius 1 is 0.781 bits per heavy atom. The Kier molecular flexibility index (Phi) is 19.3. The first-order valence-corrected chi connectivity index (χ1v) is 23.6. The number of aryl methyl sites for hydroxylation is 2. The summed E-state index contributed by atoms with van der Waals surface area (Å²) in [6.45, 7) is 17.6. The number of ether oxygens (including phenoxy) is 2. The van der Waals surface area contributed by atoms with E-state index < -0.39 is 17.3 Å². The summed E-state index contributed by atoms with van der Waals surface area (Å²) in [5.41, 5.74) is 0.396. The van der Waals surface area contributed by atoms with Gasteiger partial charge in [-0.15, -0.1) is 20.4 Å². The van der Waals surface area contributed by atoms with Crippen molar-refractivity contribution in [3.05, 3.63) is 100 Å². The minimum atomic E-state index is -0.584. The Bertz CT molecular complexity index is 2350. The topological polar surface area (TPSA) is 187 Å². The number of amides is 2. The summed E-state index contributed by atoms with van der Waals surface area (Å²) in [4.78, 5) is 50.4. The van der Waals surface area contributed by atoms with Crippen molar-refractivity contribution in [2.75, 3.05) is 37.3 Å². The van der Waals surface area contributed by atoms with Crippen LogP contribution in [-0.2, 0) is 22.6 Å². The quantitative estimate of drug-likeness (QED) is 0.150. The van der Waals surface area contributed by atoms with Gasteiger partial charge in [-0.05, 0) is 141 Å². The average Bonchev–Trinajstić information content (AvgIpc) is 3.20. The van der Waals surface area contributed by atoms with Crippen LogP contribution < -0.4 is 32.0 Å². The van der Waals surface area contributed by atoms with Crippen LogP contribution in [0.5, 0.6) is 0 Å². The van der Waals surface area contributed by atoms with E-state index in [1.807, 2.05) is 52.7 Å². The molecule has 21 heteroatoms. The number of rotatable bonds is 8. The molecule has 2 aliphatic heterocycles. The van der Waals surface area contributed by atoms with Crippen LogP contribution in [0.3, 0.4) is 0 Å². The monoisotopic (exact) mass is 1040 g/mol. The highest BCUT2D eigenvalue weighted by molar-refractivity contribution is 9.10. The first-order valence-electron chi connectivity index (χ1n) is 20.8. The lowest BCUT2D eigenvalue weighted by Gasteiger charge is -2.35. The van der Waals surface area contributed by atoms with Crippen molar-refractivity contribution in [2.45, 2.75) is 123 Å². The Morgan fingerprint density at radius 2 is 1.28 bits per heavy atom. The molecule has 2 aromatic carbocycles. The molecular formula is C43H58Br2F2N10O6S. The molecule has 0 bridgehead atoms. The number of nitrogens with one attached hydrogen (secondary N) is 3. The van der Waals surface area contributed by atoms with Crippen molar-refractivity contribution in [3.8, 4) is 0 Å². The number of carbonyl (C=O) groups excluding carboxylic acids is 2. The van der Waals surface area contributed by atoms with Crippen molar-refractivity contribution in [1.29, 1.82) is 0 Å². The zero-order chi connectivity index (χ0) is 47.4. The van der Waals surface area contributed by atoms with Gasteiger partial charge < -0.3 is 30.3 Å². The number of alkyl carbamates (subject to hydrolysis) is 2. The number of piperidine rings is 2. The predicted octanol–water partition coefficient (Wildman–Crippen LogP) is 7.27. The third-order valence-corrected chi connectivity index (χ3v) is 11.7. The molecule has 2 atom stereocenters. The van der Waals surface area contributed by atoms with Gasteiger partial charge in [0.2, 0.25) is 5.95 Å². The van der Waals surface area contributed by atoms with Gasteiger partial charge in [0.05, 0.1) is 13.1 Å². The zero-order valence-electron chi connectivity index (χ0n) is 37.7. The van der Waals surface area contributed by atoms with E-state index in [1.54, 1.807) is 26.0 Å². The van der Waals surface area contributed by atoms with E-state index >= 15 is 0 Å². The van der Waals surface area contributed by atoms with Gasteiger partial charge in [0, 0.05) is 40.7 Å². The highest BCUT2D eigenvalue weighted by Gasteiger charge is 2.28. The summed E-state index contributed by atoms with van der Waals surface area (Å²) in [5, 5.41) is 25.5. The number of halogens is 4.